The van der Waals surface area contributed by atoms with Gasteiger partial charge in [0.2, 0.25) is 11.8 Å². The standard InChI is InChI=1S/C8H16N4O2/c1-11-2-4-12(5-3-11)6(7(9)13)8(10)14/h6H,2-5H2,1H3,(H2,9,13)(H2,10,14). The van der Waals surface area contributed by atoms with E-state index in [9.17, 15) is 9.59 Å². The fourth-order valence-corrected chi connectivity index (χ4v) is 1.58. The van der Waals surface area contributed by atoms with Gasteiger partial charge in [-0.2, -0.15) is 0 Å². The van der Waals surface area contributed by atoms with Gasteiger partial charge in [-0.25, -0.2) is 0 Å². The van der Waals surface area contributed by atoms with Gasteiger partial charge in [-0.1, -0.05) is 0 Å². The number of primary amides is 2. The molecule has 1 fully saturated rings. The predicted molar refractivity (Wildman–Crippen MR) is 51.2 cm³/mol. The number of nitrogens with two attached hydrogens (primary N) is 2. The molecule has 0 saturated carbocycles. The molecule has 1 aliphatic rings. The molecule has 1 saturated heterocycles. The molecule has 0 aliphatic carbocycles. The molecule has 6 nitrogen and oxygen atoms in total. The lowest BCUT2D eigenvalue weighted by Gasteiger charge is -2.35. The Morgan fingerprint density at radius 2 is 1.50 bits per heavy atom. The third-order valence-corrected chi connectivity index (χ3v) is 2.44. The first kappa shape index (κ1) is 10.9. The van der Waals surface area contributed by atoms with Gasteiger partial charge in [0.05, 0.1) is 0 Å². The Balaban J connectivity index is 2.61. The van der Waals surface area contributed by atoms with Crippen molar-refractivity contribution in [2.75, 3.05) is 33.2 Å². The Morgan fingerprint density at radius 3 is 1.86 bits per heavy atom. The molecule has 2 amide bonds. The molecule has 0 unspecified atom stereocenters. The van der Waals surface area contributed by atoms with Crippen molar-refractivity contribution in [3.8, 4) is 0 Å². The predicted octanol–water partition coefficient (Wildman–Crippen LogP) is -2.43. The lowest BCUT2D eigenvalue weighted by Crippen LogP contribution is -2.58. The zero-order chi connectivity index (χ0) is 10.7. The van der Waals surface area contributed by atoms with Crippen LogP contribution in [0.1, 0.15) is 0 Å². The van der Waals surface area contributed by atoms with Crippen LogP contribution < -0.4 is 11.5 Å². The van der Waals surface area contributed by atoms with Crippen LogP contribution >= 0.6 is 0 Å². The Morgan fingerprint density at radius 1 is 1.07 bits per heavy atom. The van der Waals surface area contributed by atoms with Gasteiger partial charge in [-0.05, 0) is 7.05 Å². The Kier molecular flexibility index (Phi) is 3.43. The molecule has 0 atom stereocenters. The van der Waals surface area contributed by atoms with Gasteiger partial charge in [0.15, 0.2) is 6.04 Å². The van der Waals surface area contributed by atoms with Crippen LogP contribution in [0.2, 0.25) is 0 Å². The van der Waals surface area contributed by atoms with Crippen molar-refractivity contribution < 1.29 is 9.59 Å². The smallest absolute Gasteiger partial charge is 0.244 e. The van der Waals surface area contributed by atoms with E-state index in [0.717, 1.165) is 13.1 Å². The third kappa shape index (κ3) is 2.43. The molecule has 0 aromatic heterocycles. The van der Waals surface area contributed by atoms with Gasteiger partial charge < -0.3 is 16.4 Å². The molecule has 1 aliphatic heterocycles. The van der Waals surface area contributed by atoms with E-state index in [-0.39, 0.29) is 0 Å². The highest BCUT2D eigenvalue weighted by Gasteiger charge is 2.30. The highest BCUT2D eigenvalue weighted by Crippen LogP contribution is 2.04. The van der Waals surface area contributed by atoms with Crippen LogP contribution in [0.15, 0.2) is 0 Å². The van der Waals surface area contributed by atoms with Crippen molar-refractivity contribution in [1.82, 2.24) is 9.80 Å². The lowest BCUT2D eigenvalue weighted by atomic mass is 10.2. The number of likely N-dealkylation sites (N-methyl/N-ethyl adjacent to an activating group) is 1. The maximum absolute atomic E-state index is 11.0. The molecule has 0 radical (unpaired) electrons. The lowest BCUT2D eigenvalue weighted by molar-refractivity contribution is -0.134. The van der Waals surface area contributed by atoms with E-state index in [1.54, 1.807) is 4.90 Å². The van der Waals surface area contributed by atoms with Crippen LogP contribution in [0, 0.1) is 0 Å². The zero-order valence-corrected chi connectivity index (χ0v) is 8.27. The Bertz CT molecular complexity index is 221. The van der Waals surface area contributed by atoms with Crippen LogP contribution in [0.4, 0.5) is 0 Å². The van der Waals surface area contributed by atoms with Crippen molar-refractivity contribution in [3.63, 3.8) is 0 Å². The summed E-state index contributed by atoms with van der Waals surface area (Å²) in [5.41, 5.74) is 10.2. The fourth-order valence-electron chi connectivity index (χ4n) is 1.58. The van der Waals surface area contributed by atoms with E-state index in [2.05, 4.69) is 4.90 Å². The first-order valence-electron chi connectivity index (χ1n) is 4.53. The highest BCUT2D eigenvalue weighted by atomic mass is 16.2. The number of hydrogen-bond acceptors (Lipinski definition) is 4. The molecular weight excluding hydrogens is 184 g/mol. The second kappa shape index (κ2) is 4.39. The normalized spacial score (nSPS) is 19.9. The van der Waals surface area contributed by atoms with Crippen LogP contribution in [-0.4, -0.2) is 60.9 Å². The van der Waals surface area contributed by atoms with Crippen LogP contribution in [-0.2, 0) is 9.59 Å². The molecule has 14 heavy (non-hydrogen) atoms. The van der Waals surface area contributed by atoms with Gasteiger partial charge in [0.25, 0.3) is 0 Å². The number of carbonyl (C=O) groups is 2. The van der Waals surface area contributed by atoms with Gasteiger partial charge in [0, 0.05) is 26.2 Å². The quantitative estimate of drug-likeness (QED) is 0.495. The molecular formula is C8H16N4O2. The Labute approximate surface area is 82.8 Å². The van der Waals surface area contributed by atoms with Crippen molar-refractivity contribution in [3.05, 3.63) is 0 Å². The molecule has 0 spiro atoms. The molecule has 6 heteroatoms. The summed E-state index contributed by atoms with van der Waals surface area (Å²) in [5.74, 6) is -1.33. The van der Waals surface area contributed by atoms with Gasteiger partial charge in [-0.15, -0.1) is 0 Å². The number of amides is 2. The van der Waals surface area contributed by atoms with E-state index in [4.69, 9.17) is 11.5 Å². The van der Waals surface area contributed by atoms with E-state index >= 15 is 0 Å². The topological polar surface area (TPSA) is 92.7 Å². The summed E-state index contributed by atoms with van der Waals surface area (Å²) >= 11 is 0. The number of nitrogens with zero attached hydrogens (tertiary/aromatic N) is 2. The summed E-state index contributed by atoms with van der Waals surface area (Å²) in [5, 5.41) is 0. The molecule has 1 rings (SSSR count). The van der Waals surface area contributed by atoms with Crippen molar-refractivity contribution in [1.29, 1.82) is 0 Å². The molecule has 0 aromatic rings. The monoisotopic (exact) mass is 200 g/mol. The molecule has 80 valence electrons. The minimum absolute atomic E-state index is 0.646. The van der Waals surface area contributed by atoms with E-state index < -0.39 is 17.9 Å². The summed E-state index contributed by atoms with van der Waals surface area (Å²) in [6.45, 7) is 2.92. The van der Waals surface area contributed by atoms with Crippen LogP contribution in [0.5, 0.6) is 0 Å². The minimum Gasteiger partial charge on any atom is -0.368 e. The fraction of sp³-hybridized carbons (Fsp3) is 0.750. The summed E-state index contributed by atoms with van der Waals surface area (Å²) in [7, 11) is 1.99. The SMILES string of the molecule is CN1CCN(C(C(N)=O)C(N)=O)CC1. The van der Waals surface area contributed by atoms with Crippen molar-refractivity contribution in [2.45, 2.75) is 6.04 Å². The van der Waals surface area contributed by atoms with E-state index in [1.165, 1.54) is 0 Å². The second-order valence-corrected chi connectivity index (χ2v) is 3.55. The third-order valence-electron chi connectivity index (χ3n) is 2.44. The number of piperazine rings is 1. The maximum Gasteiger partial charge on any atom is 0.244 e. The van der Waals surface area contributed by atoms with Crippen LogP contribution in [0.3, 0.4) is 0 Å². The molecule has 0 aromatic carbocycles. The maximum atomic E-state index is 11.0. The average Bonchev–Trinajstić information content (AvgIpc) is 2.07. The number of rotatable bonds is 3. The van der Waals surface area contributed by atoms with E-state index in [1.807, 2.05) is 7.05 Å². The van der Waals surface area contributed by atoms with Gasteiger partial charge in [0.1, 0.15) is 0 Å². The first-order chi connectivity index (χ1) is 6.52. The number of carbonyl (C=O) groups excluding carboxylic acids is 2. The van der Waals surface area contributed by atoms with Crippen molar-refractivity contribution >= 4 is 11.8 Å². The zero-order valence-electron chi connectivity index (χ0n) is 8.27. The van der Waals surface area contributed by atoms with Gasteiger partial charge in [-0.3, -0.25) is 14.5 Å². The minimum atomic E-state index is -0.955. The average molecular weight is 200 g/mol. The Hall–Kier alpha value is -1.14. The largest absolute Gasteiger partial charge is 0.368 e. The summed E-state index contributed by atoms with van der Waals surface area (Å²) in [6, 6.07) is -0.955. The highest BCUT2D eigenvalue weighted by molar-refractivity contribution is 6.02. The molecule has 4 N–H and O–H groups in total. The summed E-state index contributed by atoms with van der Waals surface area (Å²) in [6.07, 6.45) is 0. The first-order valence-corrected chi connectivity index (χ1v) is 4.53. The summed E-state index contributed by atoms with van der Waals surface area (Å²) in [4.78, 5) is 25.8. The number of hydrogen-bond donors (Lipinski definition) is 2. The van der Waals surface area contributed by atoms with E-state index in [0.29, 0.717) is 13.1 Å². The molecule has 0 bridgehead atoms. The summed E-state index contributed by atoms with van der Waals surface area (Å²) < 4.78 is 0. The van der Waals surface area contributed by atoms with Gasteiger partial charge >= 0.3 is 0 Å². The molecule has 1 heterocycles. The van der Waals surface area contributed by atoms with Crippen molar-refractivity contribution in [2.24, 2.45) is 11.5 Å². The second-order valence-electron chi connectivity index (χ2n) is 3.55. The van der Waals surface area contributed by atoms with Crippen LogP contribution in [0.25, 0.3) is 0 Å².